The molecule has 0 fully saturated rings. The quantitative estimate of drug-likeness (QED) is 0.748. The highest BCUT2D eigenvalue weighted by molar-refractivity contribution is 7.91. The van der Waals surface area contributed by atoms with Gasteiger partial charge in [-0.3, -0.25) is 4.21 Å². The lowest BCUT2D eigenvalue weighted by Crippen LogP contribution is -2.27. The third kappa shape index (κ3) is 4.65. The summed E-state index contributed by atoms with van der Waals surface area (Å²) in [5.74, 6) is -0.572. The van der Waals surface area contributed by atoms with Gasteiger partial charge in [0.25, 0.3) is 0 Å². The molecule has 6 nitrogen and oxygen atoms in total. The third-order valence-corrected chi connectivity index (χ3v) is 6.94. The molecule has 1 N–H and O–H groups in total. The van der Waals surface area contributed by atoms with Gasteiger partial charge in [0.05, 0.1) is 12.7 Å². The largest absolute Gasteiger partial charge is 0.465 e. The lowest BCUT2D eigenvalue weighted by molar-refractivity contribution is 0.0601. The number of carbonyl (C=O) groups excluding carboxylic acids is 1. The van der Waals surface area contributed by atoms with Gasteiger partial charge in [-0.1, -0.05) is 6.92 Å². The Bertz CT molecular complexity index is 593. The number of carbonyl (C=O) groups is 1. The van der Waals surface area contributed by atoms with E-state index in [-0.39, 0.29) is 21.6 Å². The summed E-state index contributed by atoms with van der Waals surface area (Å²) in [6.45, 7) is 2.00. The monoisotopic (exact) mass is 339 g/mol. The molecule has 20 heavy (non-hydrogen) atoms. The number of rotatable bonds is 7. The molecule has 1 aromatic heterocycles. The van der Waals surface area contributed by atoms with E-state index in [1.807, 2.05) is 0 Å². The number of hydrogen-bond acceptors (Lipinski definition) is 6. The molecule has 0 bridgehead atoms. The fourth-order valence-electron chi connectivity index (χ4n) is 1.32. The molecule has 0 saturated carbocycles. The van der Waals surface area contributed by atoms with Gasteiger partial charge in [-0.2, -0.15) is 0 Å². The molecular weight excluding hydrogens is 322 g/mol. The Morgan fingerprint density at radius 3 is 2.75 bits per heavy atom. The smallest absolute Gasteiger partial charge is 0.338 e. The minimum atomic E-state index is -3.64. The molecule has 0 aromatic carbocycles. The summed E-state index contributed by atoms with van der Waals surface area (Å²) >= 11 is 0.954. The van der Waals surface area contributed by atoms with E-state index in [0.29, 0.717) is 6.42 Å². The third-order valence-electron chi connectivity index (χ3n) is 2.67. The molecule has 0 saturated heterocycles. The molecule has 0 spiro atoms. The van der Waals surface area contributed by atoms with E-state index >= 15 is 0 Å². The van der Waals surface area contributed by atoms with Crippen molar-refractivity contribution in [2.24, 2.45) is 0 Å². The molecule has 0 aliphatic heterocycles. The first-order valence-corrected chi connectivity index (χ1v) is 9.75. The van der Waals surface area contributed by atoms with E-state index in [1.165, 1.54) is 18.6 Å². The number of methoxy groups -OCH3 is 1. The van der Waals surface area contributed by atoms with Crippen molar-refractivity contribution in [1.29, 1.82) is 0 Å². The normalized spacial score (nSPS) is 14.8. The lowest BCUT2D eigenvalue weighted by atomic mass is 10.3. The Labute approximate surface area is 125 Å². The number of thiophene rings is 1. The molecule has 0 amide bonds. The maximum Gasteiger partial charge on any atom is 0.338 e. The Morgan fingerprint density at radius 1 is 1.55 bits per heavy atom. The number of sulfonamides is 1. The second kappa shape index (κ2) is 7.30. The zero-order valence-electron chi connectivity index (χ0n) is 11.4. The molecule has 0 radical (unpaired) electrons. The van der Waals surface area contributed by atoms with Crippen molar-refractivity contribution in [2.45, 2.75) is 22.8 Å². The SMILES string of the molecule is COC(=O)c1csc(S(=O)(=O)NCCC(C)S(C)=O)c1. The summed E-state index contributed by atoms with van der Waals surface area (Å²) < 4.78 is 42.1. The maximum absolute atomic E-state index is 12.0. The van der Waals surface area contributed by atoms with E-state index in [0.717, 1.165) is 11.3 Å². The highest BCUT2D eigenvalue weighted by Crippen LogP contribution is 2.20. The Kier molecular flexibility index (Phi) is 6.31. The summed E-state index contributed by atoms with van der Waals surface area (Å²) in [5.41, 5.74) is 0.209. The first-order chi connectivity index (χ1) is 9.27. The average molecular weight is 339 g/mol. The van der Waals surface area contributed by atoms with Crippen LogP contribution in [0.3, 0.4) is 0 Å². The number of nitrogens with one attached hydrogen (secondary N) is 1. The van der Waals surface area contributed by atoms with Crippen molar-refractivity contribution >= 4 is 38.1 Å². The number of hydrogen-bond donors (Lipinski definition) is 1. The second-order valence-electron chi connectivity index (χ2n) is 4.14. The molecule has 2 unspecified atom stereocenters. The molecule has 114 valence electrons. The summed E-state index contributed by atoms with van der Waals surface area (Å²) in [7, 11) is -3.39. The van der Waals surface area contributed by atoms with Crippen LogP contribution in [0, 0.1) is 0 Å². The van der Waals surface area contributed by atoms with Gasteiger partial charge in [0.15, 0.2) is 0 Å². The van der Waals surface area contributed by atoms with Gasteiger partial charge in [0.2, 0.25) is 10.0 Å². The summed E-state index contributed by atoms with van der Waals surface area (Å²) in [5, 5.41) is 1.36. The minimum Gasteiger partial charge on any atom is -0.465 e. The van der Waals surface area contributed by atoms with Crippen LogP contribution in [0.1, 0.15) is 23.7 Å². The number of ether oxygens (including phenoxy) is 1. The second-order valence-corrected chi connectivity index (χ2v) is 8.85. The predicted octanol–water partition coefficient (Wildman–Crippen LogP) is 0.970. The molecule has 0 aliphatic carbocycles. The van der Waals surface area contributed by atoms with Crippen LogP contribution in [-0.4, -0.2) is 43.8 Å². The Hall–Kier alpha value is -0.770. The van der Waals surface area contributed by atoms with Crippen molar-refractivity contribution in [2.75, 3.05) is 19.9 Å². The Balaban J connectivity index is 2.67. The van der Waals surface area contributed by atoms with E-state index in [1.54, 1.807) is 13.2 Å². The van der Waals surface area contributed by atoms with Crippen LogP contribution in [0.2, 0.25) is 0 Å². The van der Waals surface area contributed by atoms with Crippen LogP contribution >= 0.6 is 11.3 Å². The van der Waals surface area contributed by atoms with Crippen molar-refractivity contribution in [3.63, 3.8) is 0 Å². The standard InChI is InChI=1S/C11H17NO5S3/c1-8(19(3)14)4-5-12-20(15,16)10-6-9(7-18-10)11(13)17-2/h6-8,12H,4-5H2,1-3H3. The molecule has 9 heteroatoms. The van der Waals surface area contributed by atoms with Gasteiger partial charge >= 0.3 is 5.97 Å². The zero-order valence-corrected chi connectivity index (χ0v) is 13.9. The van der Waals surface area contributed by atoms with Crippen LogP contribution in [0.5, 0.6) is 0 Å². The van der Waals surface area contributed by atoms with E-state index in [2.05, 4.69) is 9.46 Å². The van der Waals surface area contributed by atoms with Crippen molar-refractivity contribution in [1.82, 2.24) is 4.72 Å². The van der Waals surface area contributed by atoms with Gasteiger partial charge in [-0.15, -0.1) is 11.3 Å². The molecule has 1 aromatic rings. The lowest BCUT2D eigenvalue weighted by Gasteiger charge is -2.08. The summed E-state index contributed by atoms with van der Waals surface area (Å²) in [4.78, 5) is 11.3. The van der Waals surface area contributed by atoms with Crippen molar-refractivity contribution in [3.8, 4) is 0 Å². The molecule has 1 heterocycles. The first-order valence-electron chi connectivity index (χ1n) is 5.76. The van der Waals surface area contributed by atoms with Gasteiger partial charge in [0.1, 0.15) is 4.21 Å². The van der Waals surface area contributed by atoms with E-state index < -0.39 is 26.8 Å². The minimum absolute atomic E-state index is 0.0585. The van der Waals surface area contributed by atoms with E-state index in [9.17, 15) is 17.4 Å². The highest BCUT2D eigenvalue weighted by Gasteiger charge is 2.19. The van der Waals surface area contributed by atoms with Crippen LogP contribution in [-0.2, 0) is 25.6 Å². The maximum atomic E-state index is 12.0. The van der Waals surface area contributed by atoms with Gasteiger partial charge in [-0.25, -0.2) is 17.9 Å². The first kappa shape index (κ1) is 17.3. The van der Waals surface area contributed by atoms with E-state index in [4.69, 9.17) is 0 Å². The van der Waals surface area contributed by atoms with Crippen LogP contribution in [0.4, 0.5) is 0 Å². The van der Waals surface area contributed by atoms with Gasteiger partial charge < -0.3 is 4.74 Å². The van der Waals surface area contributed by atoms with Crippen LogP contribution in [0.15, 0.2) is 15.7 Å². The molecule has 1 rings (SSSR count). The highest BCUT2D eigenvalue weighted by atomic mass is 32.2. The fourth-order valence-corrected chi connectivity index (χ4v) is 4.01. The predicted molar refractivity (Wildman–Crippen MR) is 79.0 cm³/mol. The van der Waals surface area contributed by atoms with Crippen molar-refractivity contribution in [3.05, 3.63) is 17.0 Å². The molecule has 2 atom stereocenters. The summed E-state index contributed by atoms with van der Waals surface area (Å²) in [6, 6.07) is 1.28. The van der Waals surface area contributed by atoms with Crippen LogP contribution < -0.4 is 4.72 Å². The van der Waals surface area contributed by atoms with Crippen LogP contribution in [0.25, 0.3) is 0 Å². The fraction of sp³-hybridized carbons (Fsp3) is 0.545. The topological polar surface area (TPSA) is 89.5 Å². The summed E-state index contributed by atoms with van der Waals surface area (Å²) in [6.07, 6.45) is 2.07. The average Bonchev–Trinajstić information content (AvgIpc) is 2.87. The Morgan fingerprint density at radius 2 is 2.20 bits per heavy atom. The van der Waals surface area contributed by atoms with Gasteiger partial charge in [-0.05, 0) is 12.5 Å². The molecule has 0 aliphatic rings. The van der Waals surface area contributed by atoms with Gasteiger partial charge in [0, 0.05) is 34.2 Å². The van der Waals surface area contributed by atoms with Crippen molar-refractivity contribution < 1.29 is 22.2 Å². The molecular formula is C11H17NO5S3. The number of esters is 1. The zero-order chi connectivity index (χ0) is 15.3.